The molecule has 0 bridgehead atoms. The molecule has 5 nitrogen and oxygen atoms in total. The molecule has 0 aliphatic carbocycles. The van der Waals surface area contributed by atoms with Crippen LogP contribution in [0.2, 0.25) is 0 Å². The van der Waals surface area contributed by atoms with E-state index >= 15 is 0 Å². The van der Waals surface area contributed by atoms with Crippen molar-refractivity contribution in [3.8, 4) is 0 Å². The van der Waals surface area contributed by atoms with E-state index in [1.807, 2.05) is 27.1 Å². The lowest BCUT2D eigenvalue weighted by molar-refractivity contribution is 0.0920. The van der Waals surface area contributed by atoms with Gasteiger partial charge in [0.15, 0.2) is 0 Å². The van der Waals surface area contributed by atoms with Crippen molar-refractivity contribution in [2.45, 2.75) is 26.3 Å². The molecule has 2 N–H and O–H groups in total. The summed E-state index contributed by atoms with van der Waals surface area (Å²) in [5.41, 5.74) is 2.16. The molecule has 19 heavy (non-hydrogen) atoms. The first-order valence-corrected chi connectivity index (χ1v) is 6.38. The second-order valence-corrected chi connectivity index (χ2v) is 5.51. The first-order valence-electron chi connectivity index (χ1n) is 6.38. The van der Waals surface area contributed by atoms with Gasteiger partial charge in [-0.25, -0.2) is 0 Å². The number of anilines is 1. The molecule has 1 aromatic heterocycles. The Morgan fingerprint density at radius 1 is 1.42 bits per heavy atom. The van der Waals surface area contributed by atoms with E-state index in [2.05, 4.69) is 34.4 Å². The number of carbonyl (C=O) groups is 1. The van der Waals surface area contributed by atoms with Crippen LogP contribution in [0.1, 0.15) is 29.9 Å². The predicted molar refractivity (Wildman–Crippen MR) is 78.6 cm³/mol. The minimum absolute atomic E-state index is 0.0897. The van der Waals surface area contributed by atoms with Gasteiger partial charge in [-0.15, -0.1) is 0 Å². The summed E-state index contributed by atoms with van der Waals surface area (Å²) in [6, 6.07) is 1.87. The third-order valence-electron chi connectivity index (χ3n) is 3.45. The van der Waals surface area contributed by atoms with Gasteiger partial charge < -0.3 is 15.5 Å². The van der Waals surface area contributed by atoms with E-state index < -0.39 is 0 Å². The van der Waals surface area contributed by atoms with Gasteiger partial charge in [0.25, 0.3) is 5.91 Å². The Bertz CT molecular complexity index is 455. The van der Waals surface area contributed by atoms with Crippen LogP contribution in [0.3, 0.4) is 0 Å². The number of amides is 1. The molecule has 0 saturated heterocycles. The summed E-state index contributed by atoms with van der Waals surface area (Å²) in [7, 11) is 5.80. The van der Waals surface area contributed by atoms with Crippen molar-refractivity contribution in [2.75, 3.05) is 33.0 Å². The molecule has 0 aliphatic rings. The molecular weight excluding hydrogens is 240 g/mol. The van der Waals surface area contributed by atoms with Crippen LogP contribution < -0.4 is 10.6 Å². The van der Waals surface area contributed by atoms with Crippen molar-refractivity contribution in [3.05, 3.63) is 23.5 Å². The maximum atomic E-state index is 12.2. The number of hydrogen-bond donors (Lipinski definition) is 2. The van der Waals surface area contributed by atoms with Gasteiger partial charge >= 0.3 is 0 Å². The second kappa shape index (κ2) is 6.02. The van der Waals surface area contributed by atoms with Crippen molar-refractivity contribution < 1.29 is 4.79 Å². The Morgan fingerprint density at radius 2 is 2.05 bits per heavy atom. The summed E-state index contributed by atoms with van der Waals surface area (Å²) in [4.78, 5) is 18.5. The molecule has 0 unspecified atom stereocenters. The fourth-order valence-electron chi connectivity index (χ4n) is 1.50. The highest BCUT2D eigenvalue weighted by molar-refractivity contribution is 5.99. The van der Waals surface area contributed by atoms with Gasteiger partial charge in [-0.1, -0.05) is 0 Å². The summed E-state index contributed by atoms with van der Waals surface area (Å²) in [6.07, 6.45) is 1.61. The smallest absolute Gasteiger partial charge is 0.255 e. The molecule has 106 valence electrons. The average Bonchev–Trinajstić information content (AvgIpc) is 2.35. The third kappa shape index (κ3) is 3.92. The van der Waals surface area contributed by atoms with E-state index in [1.54, 1.807) is 13.2 Å². The maximum Gasteiger partial charge on any atom is 0.255 e. The minimum atomic E-state index is -0.105. The van der Waals surface area contributed by atoms with Crippen molar-refractivity contribution in [3.63, 3.8) is 0 Å². The van der Waals surface area contributed by atoms with Crippen LogP contribution in [-0.2, 0) is 0 Å². The first-order chi connectivity index (χ1) is 8.77. The van der Waals surface area contributed by atoms with Gasteiger partial charge in [0, 0.05) is 31.0 Å². The Hall–Kier alpha value is -1.62. The molecule has 1 heterocycles. The lowest BCUT2D eigenvalue weighted by Gasteiger charge is -2.32. The zero-order chi connectivity index (χ0) is 14.6. The second-order valence-electron chi connectivity index (χ2n) is 5.51. The van der Waals surface area contributed by atoms with E-state index in [9.17, 15) is 4.79 Å². The fraction of sp³-hybridized carbons (Fsp3) is 0.571. The summed E-state index contributed by atoms with van der Waals surface area (Å²) in [5.74, 6) is -0.105. The number of rotatable bonds is 5. The summed E-state index contributed by atoms with van der Waals surface area (Å²) < 4.78 is 0. The van der Waals surface area contributed by atoms with Gasteiger partial charge in [-0.3, -0.25) is 9.78 Å². The summed E-state index contributed by atoms with van der Waals surface area (Å²) in [6.45, 7) is 6.65. The van der Waals surface area contributed by atoms with Crippen LogP contribution in [-0.4, -0.2) is 49.0 Å². The van der Waals surface area contributed by atoms with Crippen molar-refractivity contribution in [1.82, 2.24) is 15.2 Å². The highest BCUT2D eigenvalue weighted by Crippen LogP contribution is 2.15. The van der Waals surface area contributed by atoms with E-state index in [1.165, 1.54) is 0 Å². The lowest BCUT2D eigenvalue weighted by Crippen LogP contribution is -2.48. The number of aromatic nitrogens is 1. The van der Waals surface area contributed by atoms with Crippen LogP contribution in [0.25, 0.3) is 0 Å². The predicted octanol–water partition coefficient (Wildman–Crippen LogP) is 1.50. The number of carbonyl (C=O) groups excluding carboxylic acids is 1. The summed E-state index contributed by atoms with van der Waals surface area (Å²) in [5, 5.41) is 5.98. The molecule has 0 fully saturated rings. The molecule has 0 saturated carbocycles. The number of nitrogens with zero attached hydrogens (tertiary/aromatic N) is 2. The largest absolute Gasteiger partial charge is 0.387 e. The van der Waals surface area contributed by atoms with Crippen LogP contribution in [0.5, 0.6) is 0 Å². The Morgan fingerprint density at radius 3 is 2.58 bits per heavy atom. The van der Waals surface area contributed by atoms with E-state index in [-0.39, 0.29) is 11.4 Å². The number of likely N-dealkylation sites (N-methyl/N-ethyl adjacent to an activating group) is 1. The first kappa shape index (κ1) is 15.4. The Labute approximate surface area is 115 Å². The van der Waals surface area contributed by atoms with Gasteiger partial charge in [0.2, 0.25) is 0 Å². The van der Waals surface area contributed by atoms with Crippen LogP contribution in [0.4, 0.5) is 5.69 Å². The van der Waals surface area contributed by atoms with Gasteiger partial charge in [-0.2, -0.15) is 0 Å². The Kier molecular flexibility index (Phi) is 4.89. The van der Waals surface area contributed by atoms with Gasteiger partial charge in [0.1, 0.15) is 0 Å². The van der Waals surface area contributed by atoms with Crippen molar-refractivity contribution in [2.24, 2.45) is 0 Å². The quantitative estimate of drug-likeness (QED) is 0.846. The highest BCUT2D eigenvalue weighted by Gasteiger charge is 2.22. The fourth-order valence-corrected chi connectivity index (χ4v) is 1.50. The maximum absolute atomic E-state index is 12.2. The van der Waals surface area contributed by atoms with Crippen LogP contribution in [0, 0.1) is 6.92 Å². The van der Waals surface area contributed by atoms with Crippen LogP contribution in [0.15, 0.2) is 12.3 Å². The number of nitrogens with one attached hydrogen (secondary N) is 2. The van der Waals surface area contributed by atoms with E-state index in [0.29, 0.717) is 12.1 Å². The third-order valence-corrected chi connectivity index (χ3v) is 3.45. The number of pyridine rings is 1. The molecular formula is C14H24N4O. The number of aryl methyl sites for hydroxylation is 1. The standard InChI is InChI=1S/C14H24N4O/c1-10-7-12(15-4)11(8-16-10)13(19)17-9-14(2,3)18(5)6/h7-8H,9H2,1-6H3,(H,15,16)(H,17,19). The van der Waals surface area contributed by atoms with Gasteiger partial charge in [-0.05, 0) is 40.9 Å². The van der Waals surface area contributed by atoms with E-state index in [4.69, 9.17) is 0 Å². The lowest BCUT2D eigenvalue weighted by atomic mass is 10.0. The molecule has 0 radical (unpaired) electrons. The zero-order valence-electron chi connectivity index (χ0n) is 12.7. The monoisotopic (exact) mass is 264 g/mol. The highest BCUT2D eigenvalue weighted by atomic mass is 16.1. The number of hydrogen-bond acceptors (Lipinski definition) is 4. The summed E-state index contributed by atoms with van der Waals surface area (Å²) >= 11 is 0. The zero-order valence-corrected chi connectivity index (χ0v) is 12.7. The molecule has 1 amide bonds. The van der Waals surface area contributed by atoms with Crippen molar-refractivity contribution >= 4 is 11.6 Å². The molecule has 0 atom stereocenters. The van der Waals surface area contributed by atoms with E-state index in [0.717, 1.165) is 11.4 Å². The SMILES string of the molecule is CNc1cc(C)ncc1C(=O)NCC(C)(C)N(C)C. The van der Waals surface area contributed by atoms with Crippen molar-refractivity contribution in [1.29, 1.82) is 0 Å². The normalized spacial score (nSPS) is 11.5. The molecule has 0 aliphatic heterocycles. The molecule has 0 aromatic carbocycles. The molecule has 1 aromatic rings. The van der Waals surface area contributed by atoms with Gasteiger partial charge in [0.05, 0.1) is 11.3 Å². The minimum Gasteiger partial charge on any atom is -0.387 e. The average molecular weight is 264 g/mol. The molecule has 1 rings (SSSR count). The Balaban J connectivity index is 2.79. The van der Waals surface area contributed by atoms with Crippen LogP contribution >= 0.6 is 0 Å². The topological polar surface area (TPSA) is 57.3 Å². The molecule has 0 spiro atoms. The molecule has 5 heteroatoms.